The van der Waals surface area contributed by atoms with Gasteiger partial charge in [-0.2, -0.15) is 0 Å². The van der Waals surface area contributed by atoms with E-state index in [4.69, 9.17) is 38.7 Å². The second-order valence-electron chi connectivity index (χ2n) is 11.2. The number of nitrogens with zero attached hydrogens (tertiary/aromatic N) is 10. The van der Waals surface area contributed by atoms with Crippen molar-refractivity contribution < 1.29 is 29.5 Å². The Morgan fingerprint density at radius 1 is 0.516 bits per heavy atom. The summed E-state index contributed by atoms with van der Waals surface area (Å²) >= 11 is 3.02. The fraction of sp³-hybridized carbons (Fsp3) is 0.0278. The maximum atomic E-state index is 10.7. The van der Waals surface area contributed by atoms with Crippen LogP contribution in [0.3, 0.4) is 0 Å². The zero-order valence-electron chi connectivity index (χ0n) is 31.2. The second kappa shape index (κ2) is 25.1. The van der Waals surface area contributed by atoms with Crippen molar-refractivity contribution in [3.8, 4) is 28.0 Å². The average molecular weight is 915 g/mol. The Balaban J connectivity index is 0.000000269. The summed E-state index contributed by atoms with van der Waals surface area (Å²) in [5, 5.41) is 47.6. The monoisotopic (exact) mass is 913 g/mol. The molecule has 62 heavy (non-hydrogen) atoms. The van der Waals surface area contributed by atoms with Crippen molar-refractivity contribution in [2.75, 3.05) is 28.7 Å². The molecule has 7 rings (SSSR count). The van der Waals surface area contributed by atoms with Crippen molar-refractivity contribution in [3.05, 3.63) is 164 Å². The maximum absolute atomic E-state index is 10.7. The quantitative estimate of drug-likeness (QED) is 0.0634. The van der Waals surface area contributed by atoms with Crippen molar-refractivity contribution >= 4 is 68.8 Å². The Bertz CT molecular complexity index is 2520. The molecule has 0 saturated carbocycles. The highest BCUT2D eigenvalue weighted by atomic mass is 79.9. The Morgan fingerprint density at radius 3 is 1.40 bits per heavy atom. The molecule has 7 aromatic rings. The molecule has 0 atom stereocenters. The van der Waals surface area contributed by atoms with Crippen LogP contribution in [0.15, 0.2) is 134 Å². The molecule has 0 bridgehead atoms. The van der Waals surface area contributed by atoms with E-state index in [0.717, 1.165) is 29.7 Å². The highest BCUT2D eigenvalue weighted by molar-refractivity contribution is 9.10. The van der Waals surface area contributed by atoms with Gasteiger partial charge in [0.15, 0.2) is 0 Å². The SMILES string of the molecule is C.Nc1c(-c2cccnc2)cncc1[N+](=O)[O-].Nc1c(Br)cncc1[N+](=O)[O-].Nc1ccncc1[N+](=O)[O-].Nc1cncc(-c2cccnc2)c1N.OB(O)Oc1cccnc1. The molecule has 0 aliphatic heterocycles. The fourth-order valence-electron chi connectivity index (χ4n) is 4.26. The predicted molar refractivity (Wildman–Crippen MR) is 235 cm³/mol. The van der Waals surface area contributed by atoms with Crippen molar-refractivity contribution in [1.29, 1.82) is 0 Å². The normalized spacial score (nSPS) is 9.47. The second-order valence-corrected chi connectivity index (χ2v) is 12.0. The molecule has 12 N–H and O–H groups in total. The standard InChI is InChI=1S/C10H8N4O2.C10H10N4.C5H6BNO3.C5H4BrN3O2.C5H5N3O2.CH4/c11-10-8(7-2-1-3-12-4-7)5-13-6-9(10)14(15)16;11-9-6-14-5-8(10(9)12)7-2-1-3-13-4-7;8-6(9)10-5-2-1-3-7-4-5;6-3-1-8-2-4(5(3)7)9(10)11;6-4-1-2-7-3-5(4)8(9)10;/h1-6H,(H2,11,13);1-6H,11H2,(H2,12,14);1-4,8-9H;1-2H,(H2,7,8);1-3H,(H2,6,7);1H4. The zero-order chi connectivity index (χ0) is 44.9. The van der Waals surface area contributed by atoms with Crippen LogP contribution in [0, 0.1) is 30.3 Å². The zero-order valence-corrected chi connectivity index (χ0v) is 32.8. The number of hydrogen-bond acceptors (Lipinski definition) is 21. The number of nitrogen functional groups attached to an aromatic ring is 5. The van der Waals surface area contributed by atoms with E-state index in [2.05, 4.69) is 55.5 Å². The van der Waals surface area contributed by atoms with Gasteiger partial charge in [0.25, 0.3) is 0 Å². The van der Waals surface area contributed by atoms with E-state index in [1.165, 1.54) is 37.1 Å². The Kier molecular flexibility index (Phi) is 20.1. The third-order valence-corrected chi connectivity index (χ3v) is 7.78. The summed E-state index contributed by atoms with van der Waals surface area (Å²) in [6, 6.07) is 11.9. The first-order chi connectivity index (χ1) is 29.1. The highest BCUT2D eigenvalue weighted by Gasteiger charge is 2.16. The number of aromatic nitrogens is 7. The molecule has 0 unspecified atom stereocenters. The van der Waals surface area contributed by atoms with Crippen LogP contribution in [-0.2, 0) is 0 Å². The largest absolute Gasteiger partial charge is 0.707 e. The number of pyridine rings is 7. The Hall–Kier alpha value is -8.49. The fourth-order valence-corrected chi connectivity index (χ4v) is 4.59. The summed E-state index contributed by atoms with van der Waals surface area (Å²) in [6.45, 7) is 0. The minimum absolute atomic E-state index is 0. The lowest BCUT2D eigenvalue weighted by Gasteiger charge is -2.06. The first kappa shape index (κ1) is 49.7. The van der Waals surface area contributed by atoms with E-state index in [9.17, 15) is 30.3 Å². The van der Waals surface area contributed by atoms with Gasteiger partial charge in [0.05, 0.1) is 43.0 Å². The lowest BCUT2D eigenvalue weighted by atomic mass is 10.1. The first-order valence-electron chi connectivity index (χ1n) is 16.6. The number of anilines is 5. The molecule has 320 valence electrons. The summed E-state index contributed by atoms with van der Waals surface area (Å²) < 4.78 is 4.90. The lowest BCUT2D eigenvalue weighted by Crippen LogP contribution is -2.20. The van der Waals surface area contributed by atoms with Crippen molar-refractivity contribution in [2.24, 2.45) is 0 Å². The van der Waals surface area contributed by atoms with Gasteiger partial charge >= 0.3 is 24.4 Å². The minimum atomic E-state index is -1.77. The molecule has 24 nitrogen and oxygen atoms in total. The van der Waals surface area contributed by atoms with Gasteiger partial charge in [-0.3, -0.25) is 65.2 Å². The van der Waals surface area contributed by atoms with Crippen LogP contribution >= 0.6 is 15.9 Å². The molecule has 7 heterocycles. The molecule has 7 aromatic heterocycles. The number of rotatable bonds is 7. The van der Waals surface area contributed by atoms with E-state index in [0.29, 0.717) is 32.7 Å². The molecule has 0 spiro atoms. The summed E-state index contributed by atoms with van der Waals surface area (Å²) in [6.07, 6.45) is 20.5. The molecule has 26 heteroatoms. The average Bonchev–Trinajstić information content (AvgIpc) is 3.24. The molecule has 0 aromatic carbocycles. The van der Waals surface area contributed by atoms with E-state index in [1.807, 2.05) is 12.1 Å². The minimum Gasteiger partial charge on any atom is -0.511 e. The van der Waals surface area contributed by atoms with E-state index in [-0.39, 0.29) is 41.6 Å². The molecule has 0 saturated heterocycles. The number of hydrogen-bond donors (Lipinski definition) is 7. The number of nitro groups is 3. The van der Waals surface area contributed by atoms with Crippen molar-refractivity contribution in [2.45, 2.75) is 7.43 Å². The topological polar surface area (TPSA) is 399 Å². The summed E-state index contributed by atoms with van der Waals surface area (Å²) in [5.74, 6) is 0.331. The van der Waals surface area contributed by atoms with E-state index >= 15 is 0 Å². The van der Waals surface area contributed by atoms with Crippen LogP contribution < -0.4 is 33.3 Å². The van der Waals surface area contributed by atoms with Crippen LogP contribution in [0.4, 0.5) is 45.5 Å². The van der Waals surface area contributed by atoms with Crippen LogP contribution in [-0.4, -0.2) is 67.0 Å². The number of nitrogens with two attached hydrogens (primary N) is 5. The molecule has 0 radical (unpaired) electrons. The van der Waals surface area contributed by atoms with Crippen molar-refractivity contribution in [3.63, 3.8) is 0 Å². The molecule has 0 fully saturated rings. The van der Waals surface area contributed by atoms with Gasteiger partial charge in [-0.25, -0.2) is 0 Å². The van der Waals surface area contributed by atoms with Gasteiger partial charge in [0, 0.05) is 78.0 Å². The molecule has 0 amide bonds. The maximum Gasteiger partial charge on any atom is 0.707 e. The third kappa shape index (κ3) is 15.4. The highest BCUT2D eigenvalue weighted by Crippen LogP contribution is 2.31. The Morgan fingerprint density at radius 2 is 0.968 bits per heavy atom. The number of halogens is 1. The molecule has 0 aliphatic carbocycles. The van der Waals surface area contributed by atoms with Gasteiger partial charge in [0.2, 0.25) is 0 Å². The molecular formula is C36H37BBrN15O9. The summed E-state index contributed by atoms with van der Waals surface area (Å²) in [7, 11) is -1.77. The van der Waals surface area contributed by atoms with Gasteiger partial charge in [-0.1, -0.05) is 19.6 Å². The third-order valence-electron chi connectivity index (χ3n) is 7.15. The molecule has 0 aliphatic rings. The van der Waals surface area contributed by atoms with Crippen LogP contribution in [0.2, 0.25) is 0 Å². The van der Waals surface area contributed by atoms with Crippen LogP contribution in [0.25, 0.3) is 22.3 Å². The predicted octanol–water partition coefficient (Wildman–Crippen LogP) is 4.91. The van der Waals surface area contributed by atoms with Crippen LogP contribution in [0.1, 0.15) is 7.43 Å². The smallest absolute Gasteiger partial charge is 0.511 e. The van der Waals surface area contributed by atoms with Crippen molar-refractivity contribution in [1.82, 2.24) is 34.9 Å². The van der Waals surface area contributed by atoms with Gasteiger partial charge in [-0.15, -0.1) is 0 Å². The first-order valence-corrected chi connectivity index (χ1v) is 17.4. The van der Waals surface area contributed by atoms with Crippen LogP contribution in [0.5, 0.6) is 5.75 Å². The van der Waals surface area contributed by atoms with E-state index < -0.39 is 22.1 Å². The van der Waals surface area contributed by atoms with Gasteiger partial charge in [0.1, 0.15) is 41.4 Å². The summed E-state index contributed by atoms with van der Waals surface area (Å²) in [5.41, 5.74) is 31.6. The van der Waals surface area contributed by atoms with Gasteiger partial charge < -0.3 is 43.4 Å². The summed E-state index contributed by atoms with van der Waals surface area (Å²) in [4.78, 5) is 55.9. The lowest BCUT2D eigenvalue weighted by molar-refractivity contribution is -0.384. The Labute approximate surface area is 360 Å². The van der Waals surface area contributed by atoms with Gasteiger partial charge in [-0.05, 0) is 46.3 Å². The van der Waals surface area contributed by atoms with E-state index in [1.54, 1.807) is 61.4 Å². The molecular weight excluding hydrogens is 877 g/mol.